The van der Waals surface area contributed by atoms with Crippen molar-refractivity contribution in [3.05, 3.63) is 70.5 Å². The Hall–Kier alpha value is -3.00. The van der Waals surface area contributed by atoms with Gasteiger partial charge in [-0.2, -0.15) is 0 Å². The Kier molecular flexibility index (Phi) is 4.15. The highest BCUT2D eigenvalue weighted by Crippen LogP contribution is 2.33. The smallest absolute Gasteiger partial charge is 0.284 e. The molecule has 0 N–H and O–H groups in total. The van der Waals surface area contributed by atoms with Crippen molar-refractivity contribution in [1.82, 2.24) is 14.8 Å². The zero-order valence-electron chi connectivity index (χ0n) is 11.7. The predicted octanol–water partition coefficient (Wildman–Crippen LogP) is 3.14. The van der Waals surface area contributed by atoms with Crippen molar-refractivity contribution in [3.63, 3.8) is 0 Å². The molecule has 1 aromatic heterocycles. The van der Waals surface area contributed by atoms with Crippen molar-refractivity contribution >= 4 is 23.7 Å². The number of nitrogens with zero attached hydrogens (tertiary/aromatic N) is 4. The van der Waals surface area contributed by atoms with E-state index in [2.05, 4.69) is 10.1 Å². The van der Waals surface area contributed by atoms with Gasteiger partial charge in [-0.15, -0.1) is 5.10 Å². The number of aldehydes is 1. The summed E-state index contributed by atoms with van der Waals surface area (Å²) < 4.78 is 1.59. The van der Waals surface area contributed by atoms with E-state index in [1.54, 1.807) is 11.0 Å². The lowest BCUT2D eigenvalue weighted by Crippen LogP contribution is -1.95. The number of benzene rings is 2. The number of hydrogen-bond acceptors (Lipinski definition) is 6. The van der Waals surface area contributed by atoms with Gasteiger partial charge in [-0.3, -0.25) is 14.9 Å². The van der Waals surface area contributed by atoms with Crippen LogP contribution in [0.4, 0.5) is 5.69 Å². The second-order valence-electron chi connectivity index (χ2n) is 4.51. The molecule has 0 saturated carbocycles. The lowest BCUT2D eigenvalue weighted by Gasteiger charge is -2.01. The van der Waals surface area contributed by atoms with Crippen LogP contribution in [0.25, 0.3) is 5.69 Å². The Bertz CT molecular complexity index is 864. The molecule has 0 radical (unpaired) electrons. The molecule has 0 unspecified atom stereocenters. The first-order chi connectivity index (χ1) is 11.2. The van der Waals surface area contributed by atoms with Gasteiger partial charge in [-0.1, -0.05) is 24.3 Å². The lowest BCUT2D eigenvalue weighted by molar-refractivity contribution is -0.387. The van der Waals surface area contributed by atoms with E-state index >= 15 is 0 Å². The molecule has 7 nitrogen and oxygen atoms in total. The Morgan fingerprint density at radius 3 is 2.65 bits per heavy atom. The van der Waals surface area contributed by atoms with Crippen LogP contribution in [-0.4, -0.2) is 26.0 Å². The van der Waals surface area contributed by atoms with Crippen molar-refractivity contribution < 1.29 is 9.72 Å². The van der Waals surface area contributed by atoms with Gasteiger partial charge >= 0.3 is 0 Å². The third-order valence-corrected chi connectivity index (χ3v) is 3.94. The highest BCUT2D eigenvalue weighted by Gasteiger charge is 2.17. The number of aromatic nitrogens is 3. The van der Waals surface area contributed by atoms with Crippen LogP contribution in [0.3, 0.4) is 0 Å². The summed E-state index contributed by atoms with van der Waals surface area (Å²) in [7, 11) is 0. The Balaban J connectivity index is 1.90. The molecule has 0 saturated heterocycles. The molecule has 0 aliphatic rings. The van der Waals surface area contributed by atoms with Crippen molar-refractivity contribution in [1.29, 1.82) is 0 Å². The van der Waals surface area contributed by atoms with Gasteiger partial charge in [0.05, 0.1) is 15.5 Å². The molecule has 0 fully saturated rings. The number of carbonyl (C=O) groups is 1. The second kappa shape index (κ2) is 6.41. The molecule has 2 aromatic carbocycles. The number of para-hydroxylation sites is 1. The Morgan fingerprint density at radius 2 is 1.96 bits per heavy atom. The van der Waals surface area contributed by atoms with Gasteiger partial charge in [0, 0.05) is 11.6 Å². The van der Waals surface area contributed by atoms with Gasteiger partial charge in [-0.05, 0) is 30.0 Å². The topological polar surface area (TPSA) is 90.9 Å². The molecular weight excluding hydrogens is 316 g/mol. The quantitative estimate of drug-likeness (QED) is 0.406. The van der Waals surface area contributed by atoms with Crippen LogP contribution in [0.2, 0.25) is 0 Å². The fourth-order valence-corrected chi connectivity index (χ4v) is 2.73. The first kappa shape index (κ1) is 14.9. The maximum Gasteiger partial charge on any atom is 0.284 e. The molecule has 23 heavy (non-hydrogen) atoms. The van der Waals surface area contributed by atoms with Crippen molar-refractivity contribution in [2.24, 2.45) is 0 Å². The maximum absolute atomic E-state index is 11.1. The molecule has 8 heteroatoms. The Labute approximate surface area is 135 Å². The standard InChI is InChI=1S/C15H10N4O3S/c20-9-11-6-7-14(13(8-11)19(21)22)23-15-16-10-18(17-15)12-4-2-1-3-5-12/h1-10H. The number of nitro groups is 1. The van der Waals surface area contributed by atoms with Crippen LogP contribution in [0.15, 0.2) is 64.9 Å². The van der Waals surface area contributed by atoms with E-state index in [0.717, 1.165) is 17.4 Å². The highest BCUT2D eigenvalue weighted by molar-refractivity contribution is 7.99. The van der Waals surface area contributed by atoms with Gasteiger partial charge in [0.1, 0.15) is 12.6 Å². The summed E-state index contributed by atoms with van der Waals surface area (Å²) >= 11 is 1.08. The lowest BCUT2D eigenvalue weighted by atomic mass is 10.2. The monoisotopic (exact) mass is 326 g/mol. The van der Waals surface area contributed by atoms with Crippen molar-refractivity contribution in [3.8, 4) is 5.69 Å². The number of hydrogen-bond donors (Lipinski definition) is 0. The van der Waals surface area contributed by atoms with Gasteiger partial charge in [0.15, 0.2) is 0 Å². The third-order valence-electron chi connectivity index (χ3n) is 3.01. The van der Waals surface area contributed by atoms with E-state index < -0.39 is 4.92 Å². The minimum absolute atomic E-state index is 0.143. The first-order valence-corrected chi connectivity index (χ1v) is 7.37. The van der Waals surface area contributed by atoms with Gasteiger partial charge < -0.3 is 0 Å². The summed E-state index contributed by atoms with van der Waals surface area (Å²) in [6.07, 6.45) is 2.12. The fourth-order valence-electron chi connectivity index (χ4n) is 1.93. The molecule has 1 heterocycles. The molecule has 114 valence electrons. The zero-order chi connectivity index (χ0) is 16.2. The molecule has 0 bridgehead atoms. The molecule has 3 rings (SSSR count). The minimum Gasteiger partial charge on any atom is -0.298 e. The highest BCUT2D eigenvalue weighted by atomic mass is 32.2. The molecule has 0 aliphatic carbocycles. The van der Waals surface area contributed by atoms with Crippen LogP contribution in [0, 0.1) is 10.1 Å². The third kappa shape index (κ3) is 3.27. The van der Waals surface area contributed by atoms with Crippen LogP contribution >= 0.6 is 11.8 Å². The minimum atomic E-state index is -0.524. The van der Waals surface area contributed by atoms with E-state index in [1.807, 2.05) is 30.3 Å². The van der Waals surface area contributed by atoms with Crippen molar-refractivity contribution in [2.45, 2.75) is 10.1 Å². The summed E-state index contributed by atoms with van der Waals surface area (Å²) in [6, 6.07) is 13.7. The number of nitro benzene ring substituents is 1. The van der Waals surface area contributed by atoms with E-state index in [9.17, 15) is 14.9 Å². The average molecular weight is 326 g/mol. The largest absolute Gasteiger partial charge is 0.298 e. The molecule has 3 aromatic rings. The number of carbonyl (C=O) groups excluding carboxylic acids is 1. The van der Waals surface area contributed by atoms with E-state index in [0.29, 0.717) is 16.3 Å². The van der Waals surface area contributed by atoms with Crippen LogP contribution in [0.1, 0.15) is 10.4 Å². The van der Waals surface area contributed by atoms with Crippen LogP contribution in [-0.2, 0) is 0 Å². The molecule has 0 atom stereocenters. The molecular formula is C15H10N4O3S. The second-order valence-corrected chi connectivity index (χ2v) is 5.52. The summed E-state index contributed by atoms with van der Waals surface area (Å²) in [5, 5.41) is 15.8. The van der Waals surface area contributed by atoms with Crippen LogP contribution in [0.5, 0.6) is 0 Å². The summed E-state index contributed by atoms with van der Waals surface area (Å²) in [5.74, 6) is 0. The summed E-state index contributed by atoms with van der Waals surface area (Å²) in [6.45, 7) is 0. The van der Waals surface area contributed by atoms with Crippen LogP contribution < -0.4 is 0 Å². The normalized spacial score (nSPS) is 10.4. The van der Waals surface area contributed by atoms with Gasteiger partial charge in [0.2, 0.25) is 5.16 Å². The van der Waals surface area contributed by atoms with Gasteiger partial charge in [-0.25, -0.2) is 9.67 Å². The summed E-state index contributed by atoms with van der Waals surface area (Å²) in [5.41, 5.74) is 0.956. The number of rotatable bonds is 5. The van der Waals surface area contributed by atoms with Crippen molar-refractivity contribution in [2.75, 3.05) is 0 Å². The summed E-state index contributed by atoms with van der Waals surface area (Å²) in [4.78, 5) is 25.9. The molecule has 0 spiro atoms. The Morgan fingerprint density at radius 1 is 1.17 bits per heavy atom. The van der Waals surface area contributed by atoms with E-state index in [4.69, 9.17) is 0 Å². The first-order valence-electron chi connectivity index (χ1n) is 6.56. The predicted molar refractivity (Wildman–Crippen MR) is 84.0 cm³/mol. The van der Waals surface area contributed by atoms with E-state index in [-0.39, 0.29) is 11.3 Å². The SMILES string of the molecule is O=Cc1ccc(Sc2ncn(-c3ccccc3)n2)c([N+](=O)[O-])c1. The maximum atomic E-state index is 11.1. The molecule has 0 aliphatic heterocycles. The van der Waals surface area contributed by atoms with E-state index in [1.165, 1.54) is 18.2 Å². The van der Waals surface area contributed by atoms with Gasteiger partial charge in [0.25, 0.3) is 5.69 Å². The molecule has 0 amide bonds. The average Bonchev–Trinajstić information content (AvgIpc) is 3.04. The fraction of sp³-hybridized carbons (Fsp3) is 0. The zero-order valence-corrected chi connectivity index (χ0v) is 12.5.